The summed E-state index contributed by atoms with van der Waals surface area (Å²) in [7, 11) is 6.70. The number of hydrogen-bond donors (Lipinski definition) is 0. The number of nitrogens with zero attached hydrogens (tertiary/aromatic N) is 3. The van der Waals surface area contributed by atoms with Gasteiger partial charge in [0.05, 0.1) is 26.8 Å². The summed E-state index contributed by atoms with van der Waals surface area (Å²) >= 11 is 0. The zero-order valence-corrected chi connectivity index (χ0v) is 24.2. The lowest BCUT2D eigenvalue weighted by Gasteiger charge is -2.40. The molecule has 2 aromatic carbocycles. The van der Waals surface area contributed by atoms with Crippen LogP contribution in [0.1, 0.15) is 53.9 Å². The van der Waals surface area contributed by atoms with Crippen LogP contribution in [0.5, 0.6) is 11.5 Å². The van der Waals surface area contributed by atoms with E-state index in [0.29, 0.717) is 17.9 Å². The highest BCUT2D eigenvalue weighted by atomic mass is 16.6. The average molecular weight is 538 g/mol. The van der Waals surface area contributed by atoms with Gasteiger partial charge in [-0.3, -0.25) is 9.47 Å². The molecule has 0 radical (unpaired) electrons. The van der Waals surface area contributed by atoms with Gasteiger partial charge in [-0.1, -0.05) is 6.07 Å². The van der Waals surface area contributed by atoms with Gasteiger partial charge in [0.15, 0.2) is 0 Å². The normalized spacial score (nSPS) is 16.8. The van der Waals surface area contributed by atoms with E-state index >= 15 is 0 Å². The van der Waals surface area contributed by atoms with E-state index in [4.69, 9.17) is 18.9 Å². The molecule has 3 aromatic rings. The highest BCUT2D eigenvalue weighted by Gasteiger charge is 2.30. The molecule has 1 aliphatic rings. The van der Waals surface area contributed by atoms with Gasteiger partial charge in [-0.15, -0.1) is 0 Å². The second-order valence-corrected chi connectivity index (χ2v) is 11.0. The maximum atomic E-state index is 13.0. The average Bonchev–Trinajstić information content (AvgIpc) is 3.35. The van der Waals surface area contributed by atoms with Gasteiger partial charge < -0.3 is 23.8 Å². The third-order valence-corrected chi connectivity index (χ3v) is 7.11. The summed E-state index contributed by atoms with van der Waals surface area (Å²) in [5.74, 6) is 0.827. The first-order valence-corrected chi connectivity index (χ1v) is 13.1. The molecule has 0 N–H and O–H groups in total. The van der Waals surface area contributed by atoms with Crippen molar-refractivity contribution in [3.05, 3.63) is 58.8 Å². The lowest BCUT2D eigenvalue weighted by molar-refractivity contribution is 0.0542. The molecular formula is C30H39N3O6. The van der Waals surface area contributed by atoms with Crippen molar-refractivity contribution >= 4 is 23.0 Å². The minimum atomic E-state index is -0.603. The summed E-state index contributed by atoms with van der Waals surface area (Å²) in [6, 6.07) is 9.63. The molecule has 4 rings (SSSR count). The minimum Gasteiger partial charge on any atom is -0.496 e. The zero-order valence-electron chi connectivity index (χ0n) is 24.2. The molecular weight excluding hydrogens is 498 g/mol. The number of benzene rings is 2. The van der Waals surface area contributed by atoms with Gasteiger partial charge in [0.2, 0.25) is 0 Å². The lowest BCUT2D eigenvalue weighted by Crippen LogP contribution is -2.46. The van der Waals surface area contributed by atoms with Crippen molar-refractivity contribution in [1.29, 1.82) is 0 Å². The number of fused-ring (bicyclic) bond motifs is 1. The Morgan fingerprint density at radius 1 is 1.00 bits per heavy atom. The van der Waals surface area contributed by atoms with E-state index in [1.54, 1.807) is 31.0 Å². The van der Waals surface area contributed by atoms with Crippen LogP contribution in [0.3, 0.4) is 0 Å². The van der Waals surface area contributed by atoms with Crippen molar-refractivity contribution in [3.63, 3.8) is 0 Å². The zero-order chi connectivity index (χ0) is 28.5. The Bertz CT molecular complexity index is 1370. The maximum Gasteiger partial charge on any atom is 0.419 e. The number of methoxy groups -OCH3 is 3. The second-order valence-electron chi connectivity index (χ2n) is 11.0. The van der Waals surface area contributed by atoms with Crippen LogP contribution in [0.25, 0.3) is 10.9 Å². The van der Waals surface area contributed by atoms with E-state index < -0.39 is 17.7 Å². The topological polar surface area (TPSA) is 82.5 Å². The van der Waals surface area contributed by atoms with E-state index in [2.05, 4.69) is 16.8 Å². The SMILES string of the molecule is COC(=O)c1ccc(C2CN(C)CCN2Cc2c(OC)cc(C)c3c2ccn3C(=O)OC(C)(C)C)cc1OC. The highest BCUT2D eigenvalue weighted by Crippen LogP contribution is 2.37. The van der Waals surface area contributed by atoms with Crippen LogP contribution in [-0.4, -0.2) is 80.0 Å². The predicted octanol–water partition coefficient (Wildman–Crippen LogP) is 5.03. The Labute approximate surface area is 230 Å². The molecule has 1 aromatic heterocycles. The molecule has 1 unspecified atom stereocenters. The molecule has 1 fully saturated rings. The van der Waals surface area contributed by atoms with Crippen molar-refractivity contribution in [2.24, 2.45) is 0 Å². The second kappa shape index (κ2) is 11.3. The molecule has 9 heteroatoms. The van der Waals surface area contributed by atoms with Crippen LogP contribution in [0.4, 0.5) is 4.79 Å². The van der Waals surface area contributed by atoms with Crippen LogP contribution in [0, 0.1) is 6.92 Å². The molecule has 0 spiro atoms. The third kappa shape index (κ3) is 5.89. The first-order valence-electron chi connectivity index (χ1n) is 13.1. The summed E-state index contributed by atoms with van der Waals surface area (Å²) in [4.78, 5) is 29.9. The van der Waals surface area contributed by atoms with Gasteiger partial charge in [-0.25, -0.2) is 9.59 Å². The standard InChI is InChI=1S/C30H39N3O6/c1-19-15-25(36-6)23(21-11-12-33(27(19)21)29(35)39-30(2,3)4)17-32-14-13-31(5)18-24(32)20-9-10-22(28(34)38-8)26(16-20)37-7/h9-12,15-16,24H,13-14,17-18H2,1-8H3. The van der Waals surface area contributed by atoms with Crippen LogP contribution in [0.2, 0.25) is 0 Å². The molecule has 2 heterocycles. The van der Waals surface area contributed by atoms with Crippen LogP contribution < -0.4 is 9.47 Å². The number of ether oxygens (including phenoxy) is 4. The summed E-state index contributed by atoms with van der Waals surface area (Å²) in [5, 5.41) is 0.953. The fourth-order valence-electron chi connectivity index (χ4n) is 5.23. The van der Waals surface area contributed by atoms with E-state index in [-0.39, 0.29) is 6.04 Å². The molecule has 1 saturated heterocycles. The van der Waals surface area contributed by atoms with Gasteiger partial charge in [-0.05, 0) is 70.1 Å². The first kappa shape index (κ1) is 28.4. The maximum absolute atomic E-state index is 13.0. The van der Waals surface area contributed by atoms with Gasteiger partial charge in [0.25, 0.3) is 0 Å². The Kier molecular flexibility index (Phi) is 8.23. The monoisotopic (exact) mass is 537 g/mol. The fraction of sp³-hybridized carbons (Fsp3) is 0.467. The van der Waals surface area contributed by atoms with Crippen molar-refractivity contribution < 1.29 is 28.5 Å². The lowest BCUT2D eigenvalue weighted by atomic mass is 9.98. The number of esters is 1. The Hall–Kier alpha value is -3.56. The van der Waals surface area contributed by atoms with E-state index in [0.717, 1.165) is 53.0 Å². The number of likely N-dealkylation sites (N-methyl/N-ethyl adjacent to an activating group) is 1. The summed E-state index contributed by atoms with van der Waals surface area (Å²) in [6.07, 6.45) is 1.36. The third-order valence-electron chi connectivity index (χ3n) is 7.11. The highest BCUT2D eigenvalue weighted by molar-refractivity contribution is 5.95. The Morgan fingerprint density at radius 3 is 2.36 bits per heavy atom. The number of aryl methyl sites for hydroxylation is 1. The van der Waals surface area contributed by atoms with Crippen LogP contribution in [0.15, 0.2) is 36.5 Å². The number of aromatic nitrogens is 1. The number of hydrogen-bond acceptors (Lipinski definition) is 8. The van der Waals surface area contributed by atoms with Gasteiger partial charge in [0, 0.05) is 49.4 Å². The molecule has 210 valence electrons. The fourth-order valence-corrected chi connectivity index (χ4v) is 5.23. The molecule has 1 atom stereocenters. The molecule has 1 aliphatic heterocycles. The van der Waals surface area contributed by atoms with E-state index in [9.17, 15) is 9.59 Å². The summed E-state index contributed by atoms with van der Waals surface area (Å²) < 4.78 is 23.6. The Balaban J connectivity index is 1.75. The summed E-state index contributed by atoms with van der Waals surface area (Å²) in [6.45, 7) is 10.7. The molecule has 9 nitrogen and oxygen atoms in total. The van der Waals surface area contributed by atoms with Crippen LogP contribution >= 0.6 is 0 Å². The van der Waals surface area contributed by atoms with E-state index in [1.165, 1.54) is 7.11 Å². The van der Waals surface area contributed by atoms with Crippen molar-refractivity contribution in [3.8, 4) is 11.5 Å². The molecule has 39 heavy (non-hydrogen) atoms. The number of carbonyl (C=O) groups is 2. The van der Waals surface area contributed by atoms with Crippen molar-refractivity contribution in [1.82, 2.24) is 14.4 Å². The largest absolute Gasteiger partial charge is 0.496 e. The van der Waals surface area contributed by atoms with E-state index in [1.807, 2.05) is 52.0 Å². The van der Waals surface area contributed by atoms with Gasteiger partial charge >= 0.3 is 12.1 Å². The number of rotatable bonds is 6. The molecule has 0 saturated carbocycles. The molecule has 0 bridgehead atoms. The minimum absolute atomic E-state index is 0.0401. The number of piperazine rings is 1. The number of carbonyl (C=O) groups excluding carboxylic acids is 2. The quantitative estimate of drug-likeness (QED) is 0.405. The first-order chi connectivity index (χ1) is 18.5. The van der Waals surface area contributed by atoms with Crippen LogP contribution in [-0.2, 0) is 16.0 Å². The smallest absolute Gasteiger partial charge is 0.419 e. The van der Waals surface area contributed by atoms with Crippen molar-refractivity contribution in [2.45, 2.75) is 45.9 Å². The van der Waals surface area contributed by atoms with Gasteiger partial charge in [0.1, 0.15) is 22.7 Å². The Morgan fingerprint density at radius 2 is 1.72 bits per heavy atom. The van der Waals surface area contributed by atoms with Crippen molar-refractivity contribution in [2.75, 3.05) is 48.0 Å². The van der Waals surface area contributed by atoms with Gasteiger partial charge in [-0.2, -0.15) is 0 Å². The molecule has 0 amide bonds. The molecule has 0 aliphatic carbocycles. The predicted molar refractivity (Wildman–Crippen MR) is 150 cm³/mol. The summed E-state index contributed by atoms with van der Waals surface area (Å²) in [5.41, 5.74) is 3.58.